The summed E-state index contributed by atoms with van der Waals surface area (Å²) in [5, 5.41) is 0. The minimum absolute atomic E-state index is 0.0328. The van der Waals surface area contributed by atoms with Crippen molar-refractivity contribution in [2.24, 2.45) is 0 Å². The Hall–Kier alpha value is -1.61. The lowest BCUT2D eigenvalue weighted by atomic mass is 10.2. The Morgan fingerprint density at radius 3 is 2.73 bits per heavy atom. The standard InChI is InChI=1S/C17H23BrN2O5S/c1-2-3-7-20(13-6-8-26(23,24)11-13)16(21)10-25-17(22)14-9-12(18)4-5-15(14)19/h4-5,9,13H,2-3,6-8,10-11,19H2,1H3. The normalized spacial score (nSPS) is 18.5. The molecule has 9 heteroatoms. The average molecular weight is 447 g/mol. The van der Waals surface area contributed by atoms with Crippen LogP contribution in [0.4, 0.5) is 5.69 Å². The van der Waals surface area contributed by atoms with Crippen molar-refractivity contribution in [2.75, 3.05) is 30.4 Å². The molecule has 7 nitrogen and oxygen atoms in total. The van der Waals surface area contributed by atoms with Gasteiger partial charge in [-0.2, -0.15) is 0 Å². The van der Waals surface area contributed by atoms with Gasteiger partial charge in [-0.05, 0) is 31.0 Å². The van der Waals surface area contributed by atoms with E-state index >= 15 is 0 Å². The summed E-state index contributed by atoms with van der Waals surface area (Å²) in [4.78, 5) is 26.3. The van der Waals surface area contributed by atoms with Crippen LogP contribution in [0.2, 0.25) is 0 Å². The van der Waals surface area contributed by atoms with Gasteiger partial charge in [-0.25, -0.2) is 13.2 Å². The number of nitrogens with two attached hydrogens (primary N) is 1. The van der Waals surface area contributed by atoms with Gasteiger partial charge in [-0.15, -0.1) is 0 Å². The highest BCUT2D eigenvalue weighted by Crippen LogP contribution is 2.21. The Labute approximate surface area is 161 Å². The Kier molecular flexibility index (Phi) is 7.05. The van der Waals surface area contributed by atoms with Crippen LogP contribution < -0.4 is 5.73 Å². The van der Waals surface area contributed by atoms with Crippen LogP contribution in [0.15, 0.2) is 22.7 Å². The first-order valence-electron chi connectivity index (χ1n) is 8.45. The Morgan fingerprint density at radius 2 is 2.12 bits per heavy atom. The summed E-state index contributed by atoms with van der Waals surface area (Å²) in [6.45, 7) is 2.00. The van der Waals surface area contributed by atoms with E-state index in [-0.39, 0.29) is 34.7 Å². The fourth-order valence-corrected chi connectivity index (χ4v) is 4.95. The minimum Gasteiger partial charge on any atom is -0.452 e. The monoisotopic (exact) mass is 446 g/mol. The maximum atomic E-state index is 12.5. The fraction of sp³-hybridized carbons (Fsp3) is 0.529. The Bertz CT molecular complexity index is 781. The molecule has 1 atom stereocenters. The summed E-state index contributed by atoms with van der Waals surface area (Å²) in [7, 11) is -3.11. The largest absolute Gasteiger partial charge is 0.452 e. The third kappa shape index (κ3) is 5.44. The lowest BCUT2D eigenvalue weighted by Crippen LogP contribution is -2.43. The molecule has 1 aromatic rings. The zero-order valence-electron chi connectivity index (χ0n) is 14.6. The van der Waals surface area contributed by atoms with Gasteiger partial charge in [0.1, 0.15) is 0 Å². The van der Waals surface area contributed by atoms with E-state index in [1.807, 2.05) is 6.92 Å². The summed E-state index contributed by atoms with van der Waals surface area (Å²) in [5.41, 5.74) is 6.20. The predicted octanol–water partition coefficient (Wildman–Crippen LogP) is 2.00. The molecule has 0 bridgehead atoms. The number of carbonyl (C=O) groups is 2. The molecule has 0 aromatic heterocycles. The summed E-state index contributed by atoms with van der Waals surface area (Å²) in [5.74, 6) is -1.02. The van der Waals surface area contributed by atoms with Gasteiger partial charge in [0.25, 0.3) is 5.91 Å². The lowest BCUT2D eigenvalue weighted by molar-refractivity contribution is -0.136. The number of halogens is 1. The number of carbonyl (C=O) groups excluding carboxylic acids is 2. The molecule has 0 radical (unpaired) electrons. The highest BCUT2D eigenvalue weighted by molar-refractivity contribution is 9.10. The first-order chi connectivity index (χ1) is 12.2. The molecule has 1 aromatic carbocycles. The summed E-state index contributed by atoms with van der Waals surface area (Å²) >= 11 is 3.26. The van der Waals surface area contributed by atoms with E-state index < -0.39 is 22.4 Å². The number of unbranched alkanes of at least 4 members (excludes halogenated alkanes) is 1. The van der Waals surface area contributed by atoms with Crippen LogP contribution in [0.5, 0.6) is 0 Å². The van der Waals surface area contributed by atoms with Crippen molar-refractivity contribution < 1.29 is 22.7 Å². The predicted molar refractivity (Wildman–Crippen MR) is 103 cm³/mol. The van der Waals surface area contributed by atoms with Crippen LogP contribution in [0, 0.1) is 0 Å². The molecule has 1 fully saturated rings. The van der Waals surface area contributed by atoms with Crippen LogP contribution in [-0.4, -0.2) is 55.9 Å². The molecule has 144 valence electrons. The number of hydrogen-bond acceptors (Lipinski definition) is 6. The van der Waals surface area contributed by atoms with Gasteiger partial charge >= 0.3 is 5.97 Å². The topological polar surface area (TPSA) is 107 Å². The van der Waals surface area contributed by atoms with Crippen LogP contribution >= 0.6 is 15.9 Å². The summed E-state index contributed by atoms with van der Waals surface area (Å²) in [6, 6.07) is 4.44. The van der Waals surface area contributed by atoms with Gasteiger partial charge in [0.2, 0.25) is 0 Å². The number of sulfone groups is 1. The number of ether oxygens (including phenoxy) is 1. The summed E-state index contributed by atoms with van der Waals surface area (Å²) < 4.78 is 29.2. The van der Waals surface area contributed by atoms with Crippen molar-refractivity contribution in [1.82, 2.24) is 4.90 Å². The van der Waals surface area contributed by atoms with Gasteiger partial charge in [-0.3, -0.25) is 4.79 Å². The third-order valence-corrected chi connectivity index (χ3v) is 6.53. The molecule has 1 aliphatic rings. The second-order valence-electron chi connectivity index (χ2n) is 6.31. The molecule has 0 aliphatic carbocycles. The lowest BCUT2D eigenvalue weighted by Gasteiger charge is -2.28. The van der Waals surface area contributed by atoms with E-state index in [1.54, 1.807) is 12.1 Å². The zero-order chi connectivity index (χ0) is 19.3. The number of amides is 1. The highest BCUT2D eigenvalue weighted by Gasteiger charge is 2.34. The van der Waals surface area contributed by atoms with Crippen molar-refractivity contribution in [2.45, 2.75) is 32.2 Å². The van der Waals surface area contributed by atoms with Crippen LogP contribution in [0.25, 0.3) is 0 Å². The molecule has 1 unspecified atom stereocenters. The number of esters is 1. The van der Waals surface area contributed by atoms with E-state index in [9.17, 15) is 18.0 Å². The Balaban J connectivity index is 2.02. The molecule has 1 saturated heterocycles. The third-order valence-electron chi connectivity index (χ3n) is 4.28. The van der Waals surface area contributed by atoms with E-state index in [4.69, 9.17) is 10.5 Å². The molecule has 0 saturated carbocycles. The van der Waals surface area contributed by atoms with Gasteiger partial charge in [0.15, 0.2) is 16.4 Å². The average Bonchev–Trinajstić information content (AvgIpc) is 2.94. The molecule has 1 heterocycles. The smallest absolute Gasteiger partial charge is 0.340 e. The molecule has 1 aliphatic heterocycles. The molecule has 0 spiro atoms. The first-order valence-corrected chi connectivity index (χ1v) is 11.1. The quantitative estimate of drug-likeness (QED) is 0.506. The molecule has 26 heavy (non-hydrogen) atoms. The molecular formula is C17H23BrN2O5S. The maximum Gasteiger partial charge on any atom is 0.340 e. The van der Waals surface area contributed by atoms with Crippen LogP contribution in [0.3, 0.4) is 0 Å². The van der Waals surface area contributed by atoms with Crippen molar-refractivity contribution >= 4 is 43.3 Å². The van der Waals surface area contributed by atoms with E-state index in [2.05, 4.69) is 15.9 Å². The number of nitrogen functional groups attached to an aromatic ring is 1. The number of rotatable bonds is 7. The van der Waals surface area contributed by atoms with E-state index in [0.29, 0.717) is 17.4 Å². The molecule has 2 N–H and O–H groups in total. The fourth-order valence-electron chi connectivity index (χ4n) is 2.85. The summed E-state index contributed by atoms with van der Waals surface area (Å²) in [6.07, 6.45) is 2.05. The van der Waals surface area contributed by atoms with Gasteiger partial charge < -0.3 is 15.4 Å². The number of benzene rings is 1. The van der Waals surface area contributed by atoms with Crippen LogP contribution in [0.1, 0.15) is 36.5 Å². The van der Waals surface area contributed by atoms with E-state index in [0.717, 1.165) is 12.8 Å². The minimum atomic E-state index is -3.11. The maximum absolute atomic E-state index is 12.5. The van der Waals surface area contributed by atoms with Gasteiger partial charge in [-0.1, -0.05) is 29.3 Å². The van der Waals surface area contributed by atoms with Crippen molar-refractivity contribution in [1.29, 1.82) is 0 Å². The van der Waals surface area contributed by atoms with Crippen molar-refractivity contribution in [3.05, 3.63) is 28.2 Å². The number of nitrogens with zero attached hydrogens (tertiary/aromatic N) is 1. The van der Waals surface area contributed by atoms with E-state index in [1.165, 1.54) is 11.0 Å². The van der Waals surface area contributed by atoms with Crippen LogP contribution in [-0.2, 0) is 19.4 Å². The molecular weight excluding hydrogens is 424 g/mol. The SMILES string of the molecule is CCCCN(C(=O)COC(=O)c1cc(Br)ccc1N)C1CCS(=O)(=O)C1. The Morgan fingerprint density at radius 1 is 1.38 bits per heavy atom. The second kappa shape index (κ2) is 8.85. The number of anilines is 1. The first kappa shape index (κ1) is 20.7. The number of hydrogen-bond donors (Lipinski definition) is 1. The molecule has 2 rings (SSSR count). The van der Waals surface area contributed by atoms with Gasteiger partial charge in [0, 0.05) is 22.7 Å². The van der Waals surface area contributed by atoms with Gasteiger partial charge in [0.05, 0.1) is 17.1 Å². The molecule has 1 amide bonds. The highest BCUT2D eigenvalue weighted by atomic mass is 79.9. The van der Waals surface area contributed by atoms with Crippen molar-refractivity contribution in [3.8, 4) is 0 Å². The second-order valence-corrected chi connectivity index (χ2v) is 9.45. The van der Waals surface area contributed by atoms with Crippen molar-refractivity contribution in [3.63, 3.8) is 0 Å². The zero-order valence-corrected chi connectivity index (χ0v) is 17.0.